The van der Waals surface area contributed by atoms with Crippen molar-refractivity contribution in [2.45, 2.75) is 6.54 Å². The lowest BCUT2D eigenvalue weighted by Crippen LogP contribution is -2.14. The first kappa shape index (κ1) is 13.0. The molecule has 0 aliphatic carbocycles. The van der Waals surface area contributed by atoms with E-state index in [9.17, 15) is 0 Å². The van der Waals surface area contributed by atoms with E-state index in [-0.39, 0.29) is 0 Å². The molecule has 0 aliphatic heterocycles. The van der Waals surface area contributed by atoms with Crippen molar-refractivity contribution in [3.05, 3.63) is 40.4 Å². The molecule has 1 aromatic heterocycles. The summed E-state index contributed by atoms with van der Waals surface area (Å²) in [6.07, 6.45) is 1.66. The highest BCUT2D eigenvalue weighted by Crippen LogP contribution is 2.24. The van der Waals surface area contributed by atoms with Crippen LogP contribution in [-0.4, -0.2) is 19.8 Å². The number of aromatic nitrogens is 3. The molecule has 1 heterocycles. The average molecular weight is 326 g/mol. The minimum absolute atomic E-state index is 0.346. The van der Waals surface area contributed by atoms with Crippen LogP contribution in [0, 0.1) is 0 Å². The van der Waals surface area contributed by atoms with Crippen LogP contribution in [0.4, 0.5) is 5.69 Å². The van der Waals surface area contributed by atoms with E-state index >= 15 is 0 Å². The zero-order valence-corrected chi connectivity index (χ0v) is 12.1. The summed E-state index contributed by atoms with van der Waals surface area (Å²) in [7, 11) is 1.83. The molecular formula is C11H12BrN5S. The van der Waals surface area contributed by atoms with E-state index < -0.39 is 0 Å². The van der Waals surface area contributed by atoms with Crippen LogP contribution >= 0.6 is 28.1 Å². The van der Waals surface area contributed by atoms with Gasteiger partial charge in [-0.3, -0.25) is 4.68 Å². The second kappa shape index (κ2) is 5.45. The quantitative estimate of drug-likeness (QED) is 0.839. The van der Waals surface area contributed by atoms with Crippen LogP contribution in [-0.2, 0) is 13.6 Å². The Kier molecular flexibility index (Phi) is 3.93. The Morgan fingerprint density at radius 3 is 2.94 bits per heavy atom. The van der Waals surface area contributed by atoms with Crippen LogP contribution in [0.1, 0.15) is 11.4 Å². The maximum atomic E-state index is 5.71. The number of nitrogens with one attached hydrogen (secondary N) is 1. The summed E-state index contributed by atoms with van der Waals surface area (Å²) < 4.78 is 2.53. The maximum Gasteiger partial charge on any atom is 0.169 e. The van der Waals surface area contributed by atoms with Gasteiger partial charge in [0, 0.05) is 22.8 Å². The molecule has 0 aliphatic rings. The summed E-state index contributed by atoms with van der Waals surface area (Å²) in [4.78, 5) is 4.49. The molecule has 2 aromatic rings. The number of aryl methyl sites for hydroxylation is 1. The summed E-state index contributed by atoms with van der Waals surface area (Å²) >= 11 is 8.48. The highest BCUT2D eigenvalue weighted by Gasteiger charge is 2.09. The number of benzene rings is 1. The van der Waals surface area contributed by atoms with Gasteiger partial charge in [0.15, 0.2) is 5.82 Å². The monoisotopic (exact) mass is 325 g/mol. The van der Waals surface area contributed by atoms with E-state index in [1.165, 1.54) is 0 Å². The summed E-state index contributed by atoms with van der Waals surface area (Å²) in [5.41, 5.74) is 7.37. The largest absolute Gasteiger partial charge is 0.389 e. The Morgan fingerprint density at radius 1 is 1.56 bits per heavy atom. The molecule has 5 nitrogen and oxygen atoms in total. The van der Waals surface area contributed by atoms with Crippen LogP contribution in [0.3, 0.4) is 0 Å². The summed E-state index contributed by atoms with van der Waals surface area (Å²) in [5.74, 6) is 0.714. The second-order valence-electron chi connectivity index (χ2n) is 3.71. The minimum atomic E-state index is 0.346. The second-order valence-corrected chi connectivity index (χ2v) is 5.01. The van der Waals surface area contributed by atoms with Crippen molar-refractivity contribution in [2.75, 3.05) is 5.32 Å². The third kappa shape index (κ3) is 2.85. The number of anilines is 1. The molecule has 0 saturated carbocycles. The zero-order valence-electron chi connectivity index (χ0n) is 9.72. The standard InChI is InChI=1S/C11H12BrN5S/c1-17-6-15-9(16-17)5-14-8-4-2-3-7(12)10(8)11(13)18/h2-4,6,14H,5H2,1H3,(H2,13,18). The molecule has 0 spiro atoms. The van der Waals surface area contributed by atoms with Gasteiger partial charge in [-0.1, -0.05) is 18.3 Å². The van der Waals surface area contributed by atoms with Crippen LogP contribution in [0.25, 0.3) is 0 Å². The fourth-order valence-electron chi connectivity index (χ4n) is 1.56. The van der Waals surface area contributed by atoms with Gasteiger partial charge in [0.05, 0.1) is 6.54 Å². The number of halogens is 1. The minimum Gasteiger partial charge on any atom is -0.389 e. The topological polar surface area (TPSA) is 68.8 Å². The molecule has 0 unspecified atom stereocenters. The molecule has 0 amide bonds. The predicted molar refractivity (Wildman–Crippen MR) is 78.4 cm³/mol. The van der Waals surface area contributed by atoms with Gasteiger partial charge in [0.1, 0.15) is 11.3 Å². The molecule has 0 atom stereocenters. The van der Waals surface area contributed by atoms with Gasteiger partial charge in [-0.2, -0.15) is 5.10 Å². The molecule has 0 saturated heterocycles. The van der Waals surface area contributed by atoms with Crippen LogP contribution in [0.2, 0.25) is 0 Å². The number of thiocarbonyl (C=S) groups is 1. The number of rotatable bonds is 4. The normalized spacial score (nSPS) is 10.3. The number of hydrogen-bond acceptors (Lipinski definition) is 4. The van der Waals surface area contributed by atoms with Crippen LogP contribution < -0.4 is 11.1 Å². The van der Waals surface area contributed by atoms with Crippen molar-refractivity contribution in [3.8, 4) is 0 Å². The average Bonchev–Trinajstić information content (AvgIpc) is 2.72. The fraction of sp³-hybridized carbons (Fsp3) is 0.182. The number of nitrogens with two attached hydrogens (primary N) is 1. The van der Waals surface area contributed by atoms with Crippen molar-refractivity contribution in [2.24, 2.45) is 12.8 Å². The van der Waals surface area contributed by atoms with E-state index in [4.69, 9.17) is 18.0 Å². The smallest absolute Gasteiger partial charge is 0.169 e. The van der Waals surface area contributed by atoms with Crippen molar-refractivity contribution < 1.29 is 0 Å². The van der Waals surface area contributed by atoms with Crippen LogP contribution in [0.5, 0.6) is 0 Å². The number of nitrogens with zero attached hydrogens (tertiary/aromatic N) is 3. The Balaban J connectivity index is 2.19. The molecule has 2 rings (SSSR count). The molecule has 18 heavy (non-hydrogen) atoms. The van der Waals surface area contributed by atoms with E-state index in [2.05, 4.69) is 31.3 Å². The molecule has 0 fully saturated rings. The molecular weight excluding hydrogens is 314 g/mol. The van der Waals surface area contributed by atoms with Crippen molar-refractivity contribution in [3.63, 3.8) is 0 Å². The van der Waals surface area contributed by atoms with Gasteiger partial charge >= 0.3 is 0 Å². The van der Waals surface area contributed by atoms with Gasteiger partial charge in [0.25, 0.3) is 0 Å². The van der Waals surface area contributed by atoms with Gasteiger partial charge in [-0.05, 0) is 28.1 Å². The first-order valence-corrected chi connectivity index (χ1v) is 6.44. The summed E-state index contributed by atoms with van der Waals surface area (Å²) in [5, 5.41) is 7.42. The lowest BCUT2D eigenvalue weighted by atomic mass is 10.2. The Labute approximate surface area is 119 Å². The SMILES string of the molecule is Cn1cnc(CNc2cccc(Br)c2C(N)=S)n1. The third-order valence-electron chi connectivity index (χ3n) is 2.34. The van der Waals surface area contributed by atoms with Gasteiger partial charge in [-0.15, -0.1) is 0 Å². The van der Waals surface area contributed by atoms with Crippen LogP contribution in [0.15, 0.2) is 29.0 Å². The van der Waals surface area contributed by atoms with E-state index in [1.807, 2.05) is 25.2 Å². The van der Waals surface area contributed by atoms with Gasteiger partial charge in [-0.25, -0.2) is 4.98 Å². The summed E-state index contributed by atoms with van der Waals surface area (Å²) in [6, 6.07) is 5.74. The first-order chi connectivity index (χ1) is 8.58. The highest BCUT2D eigenvalue weighted by molar-refractivity contribution is 9.10. The van der Waals surface area contributed by atoms with Crippen molar-refractivity contribution >= 4 is 38.8 Å². The Morgan fingerprint density at radius 2 is 2.33 bits per heavy atom. The first-order valence-electron chi connectivity index (χ1n) is 5.24. The maximum absolute atomic E-state index is 5.71. The Hall–Kier alpha value is -1.47. The molecule has 0 radical (unpaired) electrons. The van der Waals surface area contributed by atoms with E-state index in [0.717, 1.165) is 15.7 Å². The molecule has 3 N–H and O–H groups in total. The van der Waals surface area contributed by atoms with Crippen molar-refractivity contribution in [1.29, 1.82) is 0 Å². The number of hydrogen-bond donors (Lipinski definition) is 2. The molecule has 7 heteroatoms. The van der Waals surface area contributed by atoms with Gasteiger partial charge in [0.2, 0.25) is 0 Å². The van der Waals surface area contributed by atoms with E-state index in [1.54, 1.807) is 11.0 Å². The molecule has 94 valence electrons. The highest BCUT2D eigenvalue weighted by atomic mass is 79.9. The van der Waals surface area contributed by atoms with E-state index in [0.29, 0.717) is 17.4 Å². The fourth-order valence-corrected chi connectivity index (χ4v) is 2.49. The predicted octanol–water partition coefficient (Wildman–Crippen LogP) is 1.82. The molecule has 1 aromatic carbocycles. The third-order valence-corrected chi connectivity index (χ3v) is 3.21. The van der Waals surface area contributed by atoms with Crippen molar-refractivity contribution in [1.82, 2.24) is 14.8 Å². The Bertz CT molecular complexity index is 581. The van der Waals surface area contributed by atoms with Gasteiger partial charge < -0.3 is 11.1 Å². The lowest BCUT2D eigenvalue weighted by Gasteiger charge is -2.11. The molecule has 0 bridgehead atoms. The zero-order chi connectivity index (χ0) is 13.1. The lowest BCUT2D eigenvalue weighted by molar-refractivity contribution is 0.747. The summed E-state index contributed by atoms with van der Waals surface area (Å²) in [6.45, 7) is 0.521.